The third-order valence-corrected chi connectivity index (χ3v) is 18.9. The number of carbonyl (C=O) groups excluding carboxylic acids is 7. The van der Waals surface area contributed by atoms with Crippen molar-refractivity contribution in [3.05, 3.63) is 117 Å². The number of Topliss-reactive ketones (excluding diaryl/α,β-unsaturated/α-hetero) is 3. The van der Waals surface area contributed by atoms with Gasteiger partial charge >= 0.3 is 0 Å². The van der Waals surface area contributed by atoms with E-state index in [1.807, 2.05) is 13.8 Å². The van der Waals surface area contributed by atoms with Gasteiger partial charge in [0.15, 0.2) is 35.5 Å². The standard InChI is InChI=1S/C68H78Cl2N6O22/c1-27(2)12-41(73-5)66(92)76-56-45(82)17-33(20-52(71)84)64(90)75-55-32-18-49(61(50(19-32)95-48-11-8-31(58(56)86)16-40(48)70)98-67-62(60(88)59(87)51(26-77)96-67)97-53-24-68(4,72)63(89)28(3)93-53)94-47-10-7-30(15-39(47)69)57(85)38-23-43(80)36(22-46(55)83)29-6-9-42(79)37(14-29)54-34(25-74-65(38)91)13-35(78)21-44(54)81/h6-11,13-16,18-19,21,27-28,33,36,38,41,51,53,55-60,62-63,67,73,77-79,81,85-89H,12,17,20,22-26,72H2,1-5H3,(H2,71,84)(H,74,91)(H,75,90)(H,76,92)/t28-,33-,36+,38-,41+,51?,53?,55+,56-,57+,58+,59?,60-,62-,63+,67?,68?/m0/s1. The Morgan fingerprint density at radius 2 is 1.40 bits per heavy atom. The number of aliphatic hydroxyl groups is 6. The fourth-order valence-corrected chi connectivity index (χ4v) is 13.5. The first-order chi connectivity index (χ1) is 46.3. The topological polar surface area (TPSA) is 457 Å². The number of halogens is 2. The summed E-state index contributed by atoms with van der Waals surface area (Å²) in [6, 6.07) is 10.9. The Morgan fingerprint density at radius 1 is 0.755 bits per heavy atom. The molecule has 0 saturated carbocycles. The fourth-order valence-electron chi connectivity index (χ4n) is 13.0. The predicted octanol–water partition coefficient (Wildman–Crippen LogP) is 3.55. The molecular formula is C68H78Cl2N6O22. The van der Waals surface area contributed by atoms with Crippen molar-refractivity contribution in [2.45, 2.75) is 164 Å². The second kappa shape index (κ2) is 29.8. The van der Waals surface area contributed by atoms with Gasteiger partial charge in [-0.25, -0.2) is 0 Å². The molecule has 0 spiro atoms. The average molecular weight is 1400 g/mol. The highest BCUT2D eigenvalue weighted by Crippen LogP contribution is 2.50. The van der Waals surface area contributed by atoms with Crippen LogP contribution in [0.25, 0.3) is 11.1 Å². The number of ether oxygens (including phenoxy) is 6. The Bertz CT molecular complexity index is 3910. The minimum Gasteiger partial charge on any atom is -0.508 e. The Labute approximate surface area is 571 Å². The van der Waals surface area contributed by atoms with E-state index in [4.69, 9.17) is 63.1 Å². The molecule has 2 fully saturated rings. The van der Waals surface area contributed by atoms with Crippen LogP contribution in [0.15, 0.2) is 78.9 Å². The van der Waals surface area contributed by atoms with Crippen LogP contribution in [0.1, 0.15) is 118 Å². The number of aromatic hydroxyl groups is 3. The number of likely N-dealkylation sites (N-methyl/N-ethyl adjacent to an activating group) is 1. The number of amides is 4. The van der Waals surface area contributed by atoms with Gasteiger partial charge in [0.2, 0.25) is 35.7 Å². The molecular weight excluding hydrogens is 1320 g/mol. The zero-order chi connectivity index (χ0) is 71.1. The van der Waals surface area contributed by atoms with E-state index in [9.17, 15) is 65.1 Å². The minimum atomic E-state index is -2.09. The van der Waals surface area contributed by atoms with Gasteiger partial charge in [0.25, 0.3) is 0 Å². The molecule has 12 rings (SSSR count). The second-order valence-corrected chi connectivity index (χ2v) is 26.9. The molecule has 0 radical (unpaired) electrons. The Morgan fingerprint density at radius 3 is 2.00 bits per heavy atom. The number of aliphatic hydroxyl groups excluding tert-OH is 6. The highest BCUT2D eigenvalue weighted by Gasteiger charge is 2.51. The third kappa shape index (κ3) is 15.5. The van der Waals surface area contributed by atoms with Crippen molar-refractivity contribution >= 4 is 64.2 Å². The van der Waals surface area contributed by atoms with E-state index in [1.165, 1.54) is 81.6 Å². The molecule has 4 amide bonds. The van der Waals surface area contributed by atoms with Gasteiger partial charge in [-0.05, 0) is 116 Å². The molecule has 0 aromatic heterocycles. The lowest BCUT2D eigenvalue weighted by Gasteiger charge is -2.47. The first-order valence-corrected chi connectivity index (χ1v) is 32.5. The van der Waals surface area contributed by atoms with E-state index in [2.05, 4.69) is 21.3 Å². The highest BCUT2D eigenvalue weighted by atomic mass is 35.5. The highest BCUT2D eigenvalue weighted by molar-refractivity contribution is 6.32. The van der Waals surface area contributed by atoms with E-state index in [0.717, 1.165) is 18.2 Å². The summed E-state index contributed by atoms with van der Waals surface area (Å²) in [4.78, 5) is 104. The molecule has 5 unspecified atom stereocenters. The summed E-state index contributed by atoms with van der Waals surface area (Å²) in [5.41, 5.74) is 10.3. The Balaban J connectivity index is 1.23. The van der Waals surface area contributed by atoms with Gasteiger partial charge in [0.05, 0.1) is 52.8 Å². The second-order valence-electron chi connectivity index (χ2n) is 26.1. The number of hydrogen-bond acceptors (Lipinski definition) is 24. The Hall–Kier alpha value is -8.07. The van der Waals surface area contributed by atoms with Crippen LogP contribution >= 0.6 is 23.2 Å². The maximum absolute atomic E-state index is 16.1. The Kier molecular flexibility index (Phi) is 22.1. The molecule has 526 valence electrons. The molecule has 7 heterocycles. The molecule has 2 saturated heterocycles. The molecule has 5 aromatic rings. The van der Waals surface area contributed by atoms with Gasteiger partial charge in [-0.3, -0.25) is 33.6 Å². The number of phenols is 3. The van der Waals surface area contributed by atoms with Crippen molar-refractivity contribution in [3.63, 3.8) is 0 Å². The molecule has 0 aliphatic carbocycles. The summed E-state index contributed by atoms with van der Waals surface area (Å²) < 4.78 is 38.6. The van der Waals surface area contributed by atoms with Crippen molar-refractivity contribution in [1.82, 2.24) is 21.3 Å². The van der Waals surface area contributed by atoms with E-state index in [1.54, 1.807) is 0 Å². The molecule has 7 aliphatic rings. The van der Waals surface area contributed by atoms with Gasteiger partial charge in [-0.1, -0.05) is 55.2 Å². The lowest BCUT2D eigenvalue weighted by atomic mass is 9.80. The number of rotatable bonds is 12. The molecule has 98 heavy (non-hydrogen) atoms. The van der Waals surface area contributed by atoms with Gasteiger partial charge in [0, 0.05) is 67.3 Å². The van der Waals surface area contributed by atoms with E-state index in [-0.39, 0.29) is 79.2 Å². The van der Waals surface area contributed by atoms with Crippen LogP contribution in [-0.4, -0.2) is 167 Å². The van der Waals surface area contributed by atoms with Crippen LogP contribution in [0.2, 0.25) is 10.0 Å². The molecule has 7 aliphatic heterocycles. The number of ketones is 3. The molecule has 17 atom stereocenters. The third-order valence-electron chi connectivity index (χ3n) is 18.3. The smallest absolute Gasteiger partial charge is 0.237 e. The lowest BCUT2D eigenvalue weighted by Crippen LogP contribution is -2.64. The zero-order valence-corrected chi connectivity index (χ0v) is 55.2. The van der Waals surface area contributed by atoms with Gasteiger partial charge in [0.1, 0.15) is 71.0 Å². The van der Waals surface area contributed by atoms with Gasteiger partial charge in [-0.2, -0.15) is 0 Å². The summed E-state index contributed by atoms with van der Waals surface area (Å²) >= 11 is 14.2. The first-order valence-electron chi connectivity index (χ1n) is 31.7. The van der Waals surface area contributed by atoms with Crippen LogP contribution in [-0.2, 0) is 54.3 Å². The monoisotopic (exact) mass is 1400 g/mol. The van der Waals surface area contributed by atoms with Crippen LogP contribution in [0.3, 0.4) is 0 Å². The van der Waals surface area contributed by atoms with Crippen LogP contribution in [0.5, 0.6) is 46.0 Å². The van der Waals surface area contributed by atoms with Crippen molar-refractivity contribution in [2.24, 2.45) is 29.2 Å². The molecule has 28 nitrogen and oxygen atoms in total. The van der Waals surface area contributed by atoms with Crippen molar-refractivity contribution in [2.75, 3.05) is 13.7 Å². The lowest BCUT2D eigenvalue weighted by molar-refractivity contribution is -0.333. The predicted molar refractivity (Wildman–Crippen MR) is 346 cm³/mol. The quantitative estimate of drug-likeness (QED) is 0.0849. The summed E-state index contributed by atoms with van der Waals surface area (Å²) in [6.45, 7) is 5.38. The number of primary amides is 1. The van der Waals surface area contributed by atoms with Crippen LogP contribution in [0.4, 0.5) is 0 Å². The molecule has 11 bridgehead atoms. The normalized spacial score (nSPS) is 29.5. The summed E-state index contributed by atoms with van der Waals surface area (Å²) in [5, 5.41) is 113. The fraction of sp³-hybridized carbons (Fsp3) is 0.456. The number of carbonyl (C=O) groups is 7. The number of phenolic OH excluding ortho intramolecular Hbond substituents is 3. The van der Waals surface area contributed by atoms with Crippen LogP contribution < -0.4 is 46.9 Å². The van der Waals surface area contributed by atoms with Gasteiger partial charge in [-0.15, -0.1) is 0 Å². The number of benzene rings is 5. The van der Waals surface area contributed by atoms with E-state index in [0.29, 0.717) is 0 Å². The molecule has 30 heteroatoms. The summed E-state index contributed by atoms with van der Waals surface area (Å²) in [6.07, 6.45) is -20.1. The maximum atomic E-state index is 16.1. The largest absolute Gasteiger partial charge is 0.508 e. The van der Waals surface area contributed by atoms with Gasteiger partial charge < -0.3 is 107 Å². The molecule has 5 aromatic carbocycles. The number of hydrogen-bond donors (Lipinski definition) is 15. The van der Waals surface area contributed by atoms with Crippen molar-refractivity contribution in [1.29, 1.82) is 0 Å². The zero-order valence-electron chi connectivity index (χ0n) is 53.7. The first kappa shape index (κ1) is 72.7. The average Bonchev–Trinajstić information content (AvgIpc) is 0.777. The summed E-state index contributed by atoms with van der Waals surface area (Å²) in [5.74, 6) is -15.8. The van der Waals surface area contributed by atoms with Crippen molar-refractivity contribution < 1.29 is 108 Å². The van der Waals surface area contributed by atoms with E-state index < -0.39 is 217 Å². The number of nitrogens with two attached hydrogens (primary N) is 2. The summed E-state index contributed by atoms with van der Waals surface area (Å²) in [7, 11) is 1.51. The SMILES string of the molecule is CN[C@H](CC(C)C)C(=O)N[C@H]1C(=O)C[C@@H](CC(N)=O)C(=O)N[C@H]2C(=O)C[C@H]3C(=O)C[C@H](C(=O)NCc4cc(O)cc(O)c4-c4cc3ccc4O)[C@H](O)c3ccc(c(Cl)c3)Oc3cc2cc(c3OC2OC(CO)C(O)[C@H](O)[C@@H]2OC2CC(C)(N)[C@H](O)[C@H](C)O2)Oc2ccc(cc2Cl)[C@H]1O. The maximum Gasteiger partial charge on any atom is 0.237 e. The molecule has 17 N–H and O–H groups in total. The van der Waals surface area contributed by atoms with Crippen LogP contribution in [0, 0.1) is 17.8 Å². The van der Waals surface area contributed by atoms with E-state index >= 15 is 14.4 Å². The minimum absolute atomic E-state index is 0.0254. The van der Waals surface area contributed by atoms with Crippen molar-refractivity contribution in [3.8, 4) is 57.1 Å². The number of nitrogens with one attached hydrogen (secondary N) is 4. The number of fused-ring (bicyclic) bond motifs is 15.